The third kappa shape index (κ3) is 9.52. The second-order valence-electron chi connectivity index (χ2n) is 4.76. The summed E-state index contributed by atoms with van der Waals surface area (Å²) in [6.07, 6.45) is -10.2. The van der Waals surface area contributed by atoms with Crippen LogP contribution < -0.4 is 5.32 Å². The molecular formula is C11H18F6N2O5. The van der Waals surface area contributed by atoms with Gasteiger partial charge < -0.3 is 20.3 Å². The molecule has 0 aromatic rings. The predicted molar refractivity (Wildman–Crippen MR) is 68.5 cm³/mol. The number of carboxylic acids is 2. The fraction of sp³-hybridized carbons (Fsp3) is 0.818. The highest BCUT2D eigenvalue weighted by Crippen LogP contribution is 2.17. The Balaban J connectivity index is 0. The SMILES string of the molecule is COCC1(N(C)C)CNC1.O=C(O)C(F)(F)F.O=C(O)C(F)(F)F. The molecule has 0 amide bonds. The van der Waals surface area contributed by atoms with Gasteiger partial charge in [0.2, 0.25) is 0 Å². The molecule has 1 fully saturated rings. The first-order valence-electron chi connectivity index (χ1n) is 6.07. The van der Waals surface area contributed by atoms with E-state index >= 15 is 0 Å². The van der Waals surface area contributed by atoms with Crippen molar-refractivity contribution in [3.05, 3.63) is 0 Å². The van der Waals surface area contributed by atoms with E-state index < -0.39 is 24.3 Å². The van der Waals surface area contributed by atoms with E-state index in [1.807, 2.05) is 0 Å². The number of aliphatic carboxylic acids is 2. The summed E-state index contributed by atoms with van der Waals surface area (Å²) in [5.74, 6) is -5.51. The van der Waals surface area contributed by atoms with Crippen LogP contribution >= 0.6 is 0 Å². The van der Waals surface area contributed by atoms with Gasteiger partial charge in [0, 0.05) is 20.2 Å². The summed E-state index contributed by atoms with van der Waals surface area (Å²) in [7, 11) is 5.95. The summed E-state index contributed by atoms with van der Waals surface area (Å²) in [4.78, 5) is 20.0. The standard InChI is InChI=1S/C7H16N2O.2C2HF3O2/c1-9(2)7(6-10-3)4-8-5-7;2*3-2(4,5)1(6)7/h8H,4-6H2,1-3H3;2*(H,6,7). The van der Waals surface area contributed by atoms with Gasteiger partial charge in [0.15, 0.2) is 0 Å². The van der Waals surface area contributed by atoms with Gasteiger partial charge in [0.25, 0.3) is 0 Å². The summed E-state index contributed by atoms with van der Waals surface area (Å²) < 4.78 is 68.6. The average Bonchev–Trinajstić information content (AvgIpc) is 2.32. The van der Waals surface area contributed by atoms with Crippen LogP contribution in [0.4, 0.5) is 26.3 Å². The minimum Gasteiger partial charge on any atom is -0.475 e. The Kier molecular flexibility index (Phi) is 9.90. The lowest BCUT2D eigenvalue weighted by Gasteiger charge is -2.47. The Morgan fingerprint density at radius 1 is 1.04 bits per heavy atom. The highest BCUT2D eigenvalue weighted by atomic mass is 19.4. The first-order chi connectivity index (χ1) is 10.6. The van der Waals surface area contributed by atoms with Crippen molar-refractivity contribution in [3.63, 3.8) is 0 Å². The number of nitrogens with zero attached hydrogens (tertiary/aromatic N) is 1. The minimum atomic E-state index is -5.08. The van der Waals surface area contributed by atoms with Crippen molar-refractivity contribution in [2.45, 2.75) is 17.9 Å². The van der Waals surface area contributed by atoms with E-state index in [0.717, 1.165) is 19.7 Å². The average molecular weight is 372 g/mol. The Labute approximate surface area is 133 Å². The summed E-state index contributed by atoms with van der Waals surface area (Å²) in [6, 6.07) is 0. The molecule has 1 saturated heterocycles. The number of hydrogen-bond donors (Lipinski definition) is 3. The molecule has 0 aromatic carbocycles. The zero-order valence-corrected chi connectivity index (χ0v) is 13.0. The Morgan fingerprint density at radius 2 is 1.33 bits per heavy atom. The van der Waals surface area contributed by atoms with Crippen LogP contribution in [0.1, 0.15) is 0 Å². The molecule has 1 aliphatic heterocycles. The number of alkyl halides is 6. The van der Waals surface area contributed by atoms with Gasteiger partial charge in [0.05, 0.1) is 12.1 Å². The smallest absolute Gasteiger partial charge is 0.475 e. The summed E-state index contributed by atoms with van der Waals surface area (Å²) in [5, 5.41) is 17.5. The predicted octanol–water partition coefficient (Wildman–Crippen LogP) is 0.803. The maximum Gasteiger partial charge on any atom is 0.490 e. The number of carbonyl (C=O) groups is 2. The van der Waals surface area contributed by atoms with Crippen molar-refractivity contribution in [2.75, 3.05) is 40.9 Å². The lowest BCUT2D eigenvalue weighted by Crippen LogP contribution is -2.69. The number of carboxylic acid groups (broad SMARTS) is 2. The lowest BCUT2D eigenvalue weighted by molar-refractivity contribution is -0.193. The third-order valence-corrected chi connectivity index (χ3v) is 2.75. The summed E-state index contributed by atoms with van der Waals surface area (Å²) in [5.41, 5.74) is 0.273. The van der Waals surface area contributed by atoms with Crippen LogP contribution in [0.5, 0.6) is 0 Å². The first kappa shape index (κ1) is 24.6. The Hall–Kier alpha value is -1.60. The van der Waals surface area contributed by atoms with E-state index in [-0.39, 0.29) is 5.54 Å². The molecule has 1 aliphatic rings. The van der Waals surface area contributed by atoms with Crippen LogP contribution in [-0.2, 0) is 14.3 Å². The first-order valence-corrected chi connectivity index (χ1v) is 6.07. The van der Waals surface area contributed by atoms with Crippen molar-refractivity contribution in [3.8, 4) is 0 Å². The summed E-state index contributed by atoms with van der Waals surface area (Å²) in [6.45, 7) is 2.93. The van der Waals surface area contributed by atoms with Crippen LogP contribution in [-0.4, -0.2) is 85.8 Å². The Morgan fingerprint density at radius 3 is 1.38 bits per heavy atom. The molecule has 7 nitrogen and oxygen atoms in total. The van der Waals surface area contributed by atoms with E-state index in [1.54, 1.807) is 7.11 Å². The zero-order valence-electron chi connectivity index (χ0n) is 13.0. The van der Waals surface area contributed by atoms with Gasteiger partial charge in [-0.3, -0.25) is 4.90 Å². The van der Waals surface area contributed by atoms with Crippen molar-refractivity contribution >= 4 is 11.9 Å². The van der Waals surface area contributed by atoms with E-state index in [9.17, 15) is 26.3 Å². The van der Waals surface area contributed by atoms with E-state index in [1.165, 1.54) is 0 Å². The van der Waals surface area contributed by atoms with E-state index in [0.29, 0.717) is 0 Å². The van der Waals surface area contributed by atoms with Gasteiger partial charge in [-0.1, -0.05) is 0 Å². The molecule has 0 spiro atoms. The molecule has 0 saturated carbocycles. The number of nitrogens with one attached hydrogen (secondary N) is 1. The molecule has 0 aliphatic carbocycles. The number of ether oxygens (including phenoxy) is 1. The molecule has 24 heavy (non-hydrogen) atoms. The van der Waals surface area contributed by atoms with Crippen molar-refractivity contribution in [2.24, 2.45) is 0 Å². The molecule has 3 N–H and O–H groups in total. The zero-order chi connectivity index (χ0) is 19.8. The van der Waals surface area contributed by atoms with E-state index in [4.69, 9.17) is 24.5 Å². The number of likely N-dealkylation sites (N-methyl/N-ethyl adjacent to an activating group) is 1. The van der Waals surface area contributed by atoms with Crippen LogP contribution in [0.3, 0.4) is 0 Å². The molecule has 1 heterocycles. The molecule has 0 aromatic heterocycles. The van der Waals surface area contributed by atoms with E-state index in [2.05, 4.69) is 24.3 Å². The normalized spacial score (nSPS) is 16.1. The number of halogens is 6. The largest absolute Gasteiger partial charge is 0.490 e. The van der Waals surface area contributed by atoms with Gasteiger partial charge in [-0.15, -0.1) is 0 Å². The molecule has 1 rings (SSSR count). The van der Waals surface area contributed by atoms with Gasteiger partial charge in [-0.25, -0.2) is 9.59 Å². The molecule has 0 unspecified atom stereocenters. The van der Waals surface area contributed by atoms with Crippen molar-refractivity contribution in [1.82, 2.24) is 10.2 Å². The second kappa shape index (κ2) is 9.64. The fourth-order valence-electron chi connectivity index (χ4n) is 1.23. The maximum absolute atomic E-state index is 10.6. The third-order valence-electron chi connectivity index (χ3n) is 2.75. The molecule has 0 radical (unpaired) electrons. The quantitative estimate of drug-likeness (QED) is 0.631. The van der Waals surface area contributed by atoms with Crippen LogP contribution in [0.2, 0.25) is 0 Å². The number of hydrogen-bond acceptors (Lipinski definition) is 5. The molecule has 0 atom stereocenters. The van der Waals surface area contributed by atoms with Crippen LogP contribution in [0.15, 0.2) is 0 Å². The maximum atomic E-state index is 10.6. The molecule has 0 bridgehead atoms. The van der Waals surface area contributed by atoms with Crippen molar-refractivity contribution in [1.29, 1.82) is 0 Å². The molecular weight excluding hydrogens is 354 g/mol. The Bertz CT molecular complexity index is 383. The van der Waals surface area contributed by atoms with Gasteiger partial charge in [-0.05, 0) is 14.1 Å². The van der Waals surface area contributed by atoms with Crippen molar-refractivity contribution < 1.29 is 50.9 Å². The molecule has 13 heteroatoms. The van der Waals surface area contributed by atoms with Gasteiger partial charge in [-0.2, -0.15) is 26.3 Å². The number of methoxy groups -OCH3 is 1. The molecule has 144 valence electrons. The lowest BCUT2D eigenvalue weighted by atomic mass is 9.92. The van der Waals surface area contributed by atoms with Crippen LogP contribution in [0.25, 0.3) is 0 Å². The van der Waals surface area contributed by atoms with Gasteiger partial charge >= 0.3 is 24.3 Å². The van der Waals surface area contributed by atoms with Gasteiger partial charge in [0.1, 0.15) is 0 Å². The summed E-state index contributed by atoms with van der Waals surface area (Å²) >= 11 is 0. The minimum absolute atomic E-state index is 0.273. The topological polar surface area (TPSA) is 99.1 Å². The second-order valence-corrected chi connectivity index (χ2v) is 4.76. The monoisotopic (exact) mass is 372 g/mol. The highest BCUT2D eigenvalue weighted by molar-refractivity contribution is 5.73. The number of rotatable bonds is 3. The highest BCUT2D eigenvalue weighted by Gasteiger charge is 2.39. The van der Waals surface area contributed by atoms with Crippen LogP contribution in [0, 0.1) is 0 Å². The fourth-order valence-corrected chi connectivity index (χ4v) is 1.23.